The number of nitrogens with zero attached hydrogens (tertiary/aromatic N) is 4. The lowest BCUT2D eigenvalue weighted by Gasteiger charge is -2.01. The molecule has 0 aliphatic rings. The van der Waals surface area contributed by atoms with E-state index in [0.29, 0.717) is 16.4 Å². The molecule has 0 saturated carbocycles. The monoisotopic (exact) mass is 380 g/mol. The lowest BCUT2D eigenvalue weighted by molar-refractivity contribution is -0.114. The van der Waals surface area contributed by atoms with E-state index in [0.717, 1.165) is 26.9 Å². The third-order valence-corrected chi connectivity index (χ3v) is 4.99. The SMILES string of the molecule is CC(=O)Nc1ccc2nc(NC(=O)c3cnc4c(c3)c(C)nn4C)sc2c1. The van der Waals surface area contributed by atoms with E-state index in [1.807, 2.05) is 20.0 Å². The third-order valence-electron chi connectivity index (χ3n) is 4.05. The van der Waals surface area contributed by atoms with Crippen LogP contribution in [0.5, 0.6) is 0 Å². The van der Waals surface area contributed by atoms with E-state index < -0.39 is 0 Å². The molecule has 27 heavy (non-hydrogen) atoms. The van der Waals surface area contributed by atoms with E-state index >= 15 is 0 Å². The summed E-state index contributed by atoms with van der Waals surface area (Å²) in [6.45, 7) is 3.34. The van der Waals surface area contributed by atoms with E-state index in [1.165, 1.54) is 24.5 Å². The topological polar surface area (TPSA) is 102 Å². The van der Waals surface area contributed by atoms with Crippen molar-refractivity contribution in [3.05, 3.63) is 41.7 Å². The molecular formula is C18H16N6O2S. The van der Waals surface area contributed by atoms with E-state index in [1.54, 1.807) is 22.9 Å². The summed E-state index contributed by atoms with van der Waals surface area (Å²) in [6.07, 6.45) is 1.53. The highest BCUT2D eigenvalue weighted by molar-refractivity contribution is 7.22. The lowest BCUT2D eigenvalue weighted by atomic mass is 10.2. The van der Waals surface area contributed by atoms with Crippen LogP contribution in [-0.2, 0) is 11.8 Å². The smallest absolute Gasteiger partial charge is 0.259 e. The molecule has 3 aromatic heterocycles. The molecule has 0 aliphatic carbocycles. The van der Waals surface area contributed by atoms with Gasteiger partial charge in [-0.15, -0.1) is 0 Å². The average Bonchev–Trinajstić information content (AvgIpc) is 3.14. The summed E-state index contributed by atoms with van der Waals surface area (Å²) in [5.74, 6) is -0.422. The van der Waals surface area contributed by atoms with Crippen LogP contribution in [-0.4, -0.2) is 31.6 Å². The van der Waals surface area contributed by atoms with Crippen molar-refractivity contribution < 1.29 is 9.59 Å². The van der Waals surface area contributed by atoms with E-state index in [4.69, 9.17) is 0 Å². The first-order chi connectivity index (χ1) is 12.9. The first-order valence-electron chi connectivity index (χ1n) is 8.19. The molecule has 0 atom stereocenters. The Balaban J connectivity index is 1.60. The maximum Gasteiger partial charge on any atom is 0.259 e. The number of carbonyl (C=O) groups is 2. The van der Waals surface area contributed by atoms with Crippen molar-refractivity contribution in [2.45, 2.75) is 13.8 Å². The van der Waals surface area contributed by atoms with Crippen LogP contribution < -0.4 is 10.6 Å². The number of fused-ring (bicyclic) bond motifs is 2. The van der Waals surface area contributed by atoms with E-state index in [9.17, 15) is 9.59 Å². The van der Waals surface area contributed by atoms with Gasteiger partial charge in [0.05, 0.1) is 21.5 Å². The maximum atomic E-state index is 12.6. The van der Waals surface area contributed by atoms with Gasteiger partial charge in [-0.1, -0.05) is 11.3 Å². The molecule has 2 N–H and O–H groups in total. The molecule has 0 aliphatic heterocycles. The van der Waals surface area contributed by atoms with Gasteiger partial charge in [0.15, 0.2) is 10.8 Å². The van der Waals surface area contributed by atoms with Crippen molar-refractivity contribution in [1.82, 2.24) is 19.7 Å². The average molecular weight is 380 g/mol. The lowest BCUT2D eigenvalue weighted by Crippen LogP contribution is -2.12. The molecule has 3 heterocycles. The number of hydrogen-bond acceptors (Lipinski definition) is 6. The minimum atomic E-state index is -0.284. The second-order valence-electron chi connectivity index (χ2n) is 6.14. The fourth-order valence-electron chi connectivity index (χ4n) is 2.86. The molecule has 0 fully saturated rings. The Morgan fingerprint density at radius 2 is 2.00 bits per heavy atom. The summed E-state index contributed by atoms with van der Waals surface area (Å²) in [7, 11) is 1.82. The first kappa shape index (κ1) is 17.1. The number of aromatic nitrogens is 4. The molecular weight excluding hydrogens is 364 g/mol. The number of hydrogen-bond donors (Lipinski definition) is 2. The number of amides is 2. The highest BCUT2D eigenvalue weighted by Gasteiger charge is 2.14. The quantitative estimate of drug-likeness (QED) is 0.569. The normalized spacial score (nSPS) is 11.1. The highest BCUT2D eigenvalue weighted by Crippen LogP contribution is 2.29. The Labute approximate surface area is 158 Å². The zero-order valence-corrected chi connectivity index (χ0v) is 15.7. The molecule has 0 saturated heterocycles. The van der Waals surface area contributed by atoms with Crippen molar-refractivity contribution in [2.75, 3.05) is 10.6 Å². The van der Waals surface area contributed by atoms with Gasteiger partial charge in [0.2, 0.25) is 5.91 Å². The van der Waals surface area contributed by atoms with Gasteiger partial charge < -0.3 is 5.32 Å². The summed E-state index contributed by atoms with van der Waals surface area (Å²) in [6, 6.07) is 7.19. The number of aryl methyl sites for hydroxylation is 2. The van der Waals surface area contributed by atoms with Crippen molar-refractivity contribution >= 4 is 55.2 Å². The zero-order valence-electron chi connectivity index (χ0n) is 14.9. The van der Waals surface area contributed by atoms with Gasteiger partial charge in [-0.05, 0) is 31.2 Å². The number of nitrogens with one attached hydrogen (secondary N) is 2. The molecule has 8 nitrogen and oxygen atoms in total. The van der Waals surface area contributed by atoms with Crippen LogP contribution in [0.25, 0.3) is 21.3 Å². The summed E-state index contributed by atoms with van der Waals surface area (Å²) in [4.78, 5) is 32.5. The summed E-state index contributed by atoms with van der Waals surface area (Å²) in [5, 5.41) is 11.2. The van der Waals surface area contributed by atoms with Crippen LogP contribution in [0.3, 0.4) is 0 Å². The number of pyridine rings is 1. The number of thiazole rings is 1. The summed E-state index contributed by atoms with van der Waals surface area (Å²) < 4.78 is 2.56. The molecule has 136 valence electrons. The Kier molecular flexibility index (Phi) is 4.08. The van der Waals surface area contributed by atoms with Gasteiger partial charge in [0, 0.05) is 31.2 Å². The predicted octanol–water partition coefficient (Wildman–Crippen LogP) is 3.10. The van der Waals surface area contributed by atoms with Gasteiger partial charge in [0.1, 0.15) is 0 Å². The van der Waals surface area contributed by atoms with Gasteiger partial charge in [-0.3, -0.25) is 19.6 Å². The second-order valence-corrected chi connectivity index (χ2v) is 7.17. The Morgan fingerprint density at radius 3 is 2.78 bits per heavy atom. The predicted molar refractivity (Wildman–Crippen MR) is 105 cm³/mol. The van der Waals surface area contributed by atoms with Crippen LogP contribution in [0, 0.1) is 6.92 Å². The largest absolute Gasteiger partial charge is 0.326 e. The fourth-order valence-corrected chi connectivity index (χ4v) is 3.76. The highest BCUT2D eigenvalue weighted by atomic mass is 32.1. The van der Waals surface area contributed by atoms with Gasteiger partial charge >= 0.3 is 0 Å². The van der Waals surface area contributed by atoms with Crippen molar-refractivity contribution in [3.8, 4) is 0 Å². The molecule has 2 amide bonds. The van der Waals surface area contributed by atoms with Crippen LogP contribution in [0.2, 0.25) is 0 Å². The zero-order chi connectivity index (χ0) is 19.1. The minimum Gasteiger partial charge on any atom is -0.326 e. The maximum absolute atomic E-state index is 12.6. The Morgan fingerprint density at radius 1 is 1.19 bits per heavy atom. The van der Waals surface area contributed by atoms with Crippen molar-refractivity contribution in [1.29, 1.82) is 0 Å². The molecule has 4 aromatic rings. The van der Waals surface area contributed by atoms with Crippen molar-refractivity contribution in [2.24, 2.45) is 7.05 Å². The Bertz CT molecular complexity index is 1210. The van der Waals surface area contributed by atoms with E-state index in [2.05, 4.69) is 25.7 Å². The molecule has 0 radical (unpaired) electrons. The Hall–Kier alpha value is -3.33. The van der Waals surface area contributed by atoms with Crippen LogP contribution >= 0.6 is 11.3 Å². The number of rotatable bonds is 3. The van der Waals surface area contributed by atoms with Crippen LogP contribution in [0.4, 0.5) is 10.8 Å². The van der Waals surface area contributed by atoms with E-state index in [-0.39, 0.29) is 11.8 Å². The van der Waals surface area contributed by atoms with Gasteiger partial charge in [-0.2, -0.15) is 5.10 Å². The fraction of sp³-hybridized carbons (Fsp3) is 0.167. The molecule has 0 bridgehead atoms. The van der Waals surface area contributed by atoms with Crippen LogP contribution in [0.15, 0.2) is 30.5 Å². The molecule has 9 heteroatoms. The van der Waals surface area contributed by atoms with Crippen LogP contribution in [0.1, 0.15) is 23.0 Å². The second kappa shape index (κ2) is 6.44. The van der Waals surface area contributed by atoms with Gasteiger partial charge in [0.25, 0.3) is 5.91 Å². The summed E-state index contributed by atoms with van der Waals surface area (Å²) >= 11 is 1.34. The number of benzene rings is 1. The van der Waals surface area contributed by atoms with Gasteiger partial charge in [-0.25, -0.2) is 9.97 Å². The standard InChI is InChI=1S/C18H16N6O2S/c1-9-13-6-11(8-19-16(13)24(3)23-9)17(26)22-18-21-14-5-4-12(20-10(2)25)7-15(14)27-18/h4-8H,1-3H3,(H,20,25)(H,21,22,26). The third kappa shape index (κ3) is 3.24. The molecule has 0 spiro atoms. The number of carbonyl (C=O) groups excluding carboxylic acids is 2. The first-order valence-corrected chi connectivity index (χ1v) is 9.01. The van der Waals surface area contributed by atoms with Crippen molar-refractivity contribution in [3.63, 3.8) is 0 Å². The molecule has 4 rings (SSSR count). The molecule has 1 aromatic carbocycles. The summed E-state index contributed by atoms with van der Waals surface area (Å²) in [5.41, 5.74) is 3.44. The minimum absolute atomic E-state index is 0.138. The molecule has 0 unspecified atom stereocenters. The number of anilines is 2.